The number of hydrogen-bond acceptors (Lipinski definition) is 6. The lowest BCUT2D eigenvalue weighted by Crippen LogP contribution is -2.57. The summed E-state index contributed by atoms with van der Waals surface area (Å²) < 4.78 is 0. The molecule has 0 heterocycles. The summed E-state index contributed by atoms with van der Waals surface area (Å²) in [5.74, 6) is -0.954. The molecule has 0 radical (unpaired) electrons. The largest absolute Gasteiger partial charge is 0.370 e. The van der Waals surface area contributed by atoms with Gasteiger partial charge in [0.05, 0.1) is 6.42 Å². The highest BCUT2D eigenvalue weighted by atomic mass is 32.2. The van der Waals surface area contributed by atoms with E-state index in [4.69, 9.17) is 11.5 Å². The summed E-state index contributed by atoms with van der Waals surface area (Å²) in [4.78, 5) is 59.5. The van der Waals surface area contributed by atoms with Crippen LogP contribution in [0.1, 0.15) is 35.1 Å². The SMILES string of the molecule is NC(N)=NCCC[C@@H](NC(=O)C(CSCc1ccccc1)NC(=O)Cc1ccc(-c2ccccc2)cc1)C(=O)NC(Cc1ccccc1)C(=O)NCCc1ccccc1. The zero-order chi connectivity index (χ0) is 41.7. The Labute approximate surface area is 350 Å². The minimum absolute atomic E-state index is 0.0607. The van der Waals surface area contributed by atoms with E-state index < -0.39 is 29.9 Å². The van der Waals surface area contributed by atoms with Crippen LogP contribution in [0.25, 0.3) is 11.1 Å². The molecule has 306 valence electrons. The Morgan fingerprint density at radius 2 is 1.10 bits per heavy atom. The molecule has 0 bridgehead atoms. The number of carbonyl (C=O) groups excluding carboxylic acids is 4. The van der Waals surface area contributed by atoms with Crippen molar-refractivity contribution in [3.8, 4) is 11.1 Å². The zero-order valence-corrected chi connectivity index (χ0v) is 33.9. The normalized spacial score (nSPS) is 12.3. The van der Waals surface area contributed by atoms with Crippen molar-refractivity contribution >= 4 is 41.4 Å². The molecule has 0 aliphatic carbocycles. The Kier molecular flexibility index (Phi) is 17.6. The van der Waals surface area contributed by atoms with Crippen LogP contribution in [-0.4, -0.2) is 66.6 Å². The molecule has 0 saturated heterocycles. The number of nitrogens with two attached hydrogens (primary N) is 2. The quantitative estimate of drug-likeness (QED) is 0.0326. The van der Waals surface area contributed by atoms with E-state index in [0.29, 0.717) is 25.1 Å². The fourth-order valence-corrected chi connectivity index (χ4v) is 7.42. The predicted molar refractivity (Wildman–Crippen MR) is 237 cm³/mol. The maximum absolute atomic E-state index is 14.2. The van der Waals surface area contributed by atoms with Crippen LogP contribution < -0.4 is 32.7 Å². The molecule has 3 atom stereocenters. The molecule has 5 aromatic rings. The van der Waals surface area contributed by atoms with E-state index in [-0.39, 0.29) is 49.3 Å². The molecule has 4 amide bonds. The lowest BCUT2D eigenvalue weighted by atomic mass is 10.0. The Morgan fingerprint density at radius 1 is 0.559 bits per heavy atom. The number of hydrogen-bond donors (Lipinski definition) is 6. The van der Waals surface area contributed by atoms with Crippen LogP contribution in [-0.2, 0) is 44.2 Å². The monoisotopic (exact) mass is 811 g/mol. The topological polar surface area (TPSA) is 181 Å². The second kappa shape index (κ2) is 23.7. The highest BCUT2D eigenvalue weighted by molar-refractivity contribution is 7.98. The summed E-state index contributed by atoms with van der Waals surface area (Å²) in [6, 6.07) is 43.8. The van der Waals surface area contributed by atoms with Gasteiger partial charge in [-0.1, -0.05) is 146 Å². The lowest BCUT2D eigenvalue weighted by molar-refractivity contribution is -0.133. The van der Waals surface area contributed by atoms with Gasteiger partial charge in [-0.15, -0.1) is 0 Å². The summed E-state index contributed by atoms with van der Waals surface area (Å²) in [5, 5.41) is 11.7. The van der Waals surface area contributed by atoms with Crippen molar-refractivity contribution in [1.29, 1.82) is 0 Å². The van der Waals surface area contributed by atoms with Gasteiger partial charge in [-0.3, -0.25) is 24.2 Å². The number of carbonyl (C=O) groups is 4. The Balaban J connectivity index is 1.30. The number of aliphatic imine (C=N–C) groups is 1. The zero-order valence-electron chi connectivity index (χ0n) is 33.1. The van der Waals surface area contributed by atoms with Gasteiger partial charge in [0.25, 0.3) is 0 Å². The first-order valence-corrected chi connectivity index (χ1v) is 21.0. The van der Waals surface area contributed by atoms with E-state index in [1.54, 1.807) is 0 Å². The second-order valence-electron chi connectivity index (χ2n) is 14.1. The van der Waals surface area contributed by atoms with Gasteiger partial charge in [-0.2, -0.15) is 11.8 Å². The van der Waals surface area contributed by atoms with Gasteiger partial charge in [0.15, 0.2) is 5.96 Å². The van der Waals surface area contributed by atoms with E-state index in [1.807, 2.05) is 146 Å². The van der Waals surface area contributed by atoms with Gasteiger partial charge < -0.3 is 32.7 Å². The molecule has 0 aliphatic rings. The number of thioether (sulfide) groups is 1. The average Bonchev–Trinajstić information content (AvgIpc) is 3.25. The first-order chi connectivity index (χ1) is 28.7. The highest BCUT2D eigenvalue weighted by Gasteiger charge is 2.30. The van der Waals surface area contributed by atoms with E-state index in [9.17, 15) is 19.2 Å². The van der Waals surface area contributed by atoms with Gasteiger partial charge in [-0.05, 0) is 52.6 Å². The Hall–Kier alpha value is -6.40. The van der Waals surface area contributed by atoms with Crippen molar-refractivity contribution in [1.82, 2.24) is 21.3 Å². The first-order valence-electron chi connectivity index (χ1n) is 19.8. The average molecular weight is 812 g/mol. The number of nitrogens with zero attached hydrogens (tertiary/aromatic N) is 1. The van der Waals surface area contributed by atoms with E-state index in [1.165, 1.54) is 11.8 Å². The molecule has 59 heavy (non-hydrogen) atoms. The van der Waals surface area contributed by atoms with Crippen molar-refractivity contribution < 1.29 is 19.2 Å². The van der Waals surface area contributed by atoms with Crippen LogP contribution in [0.15, 0.2) is 151 Å². The molecule has 0 saturated carbocycles. The van der Waals surface area contributed by atoms with E-state index in [0.717, 1.165) is 33.4 Å². The molecule has 5 aromatic carbocycles. The molecule has 0 aliphatic heterocycles. The van der Waals surface area contributed by atoms with Gasteiger partial charge in [-0.25, -0.2) is 0 Å². The van der Waals surface area contributed by atoms with Crippen molar-refractivity contribution in [2.45, 2.75) is 56.0 Å². The minimum Gasteiger partial charge on any atom is -0.370 e. The van der Waals surface area contributed by atoms with Gasteiger partial charge >= 0.3 is 0 Å². The molecule has 2 unspecified atom stereocenters. The van der Waals surface area contributed by atoms with Crippen LogP contribution in [0.2, 0.25) is 0 Å². The fourth-order valence-electron chi connectivity index (χ4n) is 6.40. The van der Waals surface area contributed by atoms with E-state index >= 15 is 0 Å². The third-order valence-electron chi connectivity index (χ3n) is 9.52. The summed E-state index contributed by atoms with van der Waals surface area (Å²) in [7, 11) is 0. The number of amides is 4. The number of guanidine groups is 1. The molecule has 5 rings (SSSR count). The summed E-state index contributed by atoms with van der Waals surface area (Å²) in [6.07, 6.45) is 1.45. The Morgan fingerprint density at radius 3 is 1.73 bits per heavy atom. The number of rotatable bonds is 22. The van der Waals surface area contributed by atoms with Crippen molar-refractivity contribution in [2.24, 2.45) is 16.5 Å². The summed E-state index contributed by atoms with van der Waals surface area (Å²) >= 11 is 1.50. The third-order valence-corrected chi connectivity index (χ3v) is 10.6. The Bertz CT molecular complexity index is 2080. The van der Waals surface area contributed by atoms with Crippen LogP contribution in [0.5, 0.6) is 0 Å². The van der Waals surface area contributed by atoms with Crippen molar-refractivity contribution in [3.05, 3.63) is 168 Å². The number of benzene rings is 5. The summed E-state index contributed by atoms with van der Waals surface area (Å²) in [6.45, 7) is 0.605. The minimum atomic E-state index is -1.06. The molecular formula is C47H53N7O4S. The van der Waals surface area contributed by atoms with Crippen molar-refractivity contribution in [3.63, 3.8) is 0 Å². The molecule has 0 fully saturated rings. The highest BCUT2D eigenvalue weighted by Crippen LogP contribution is 2.20. The maximum atomic E-state index is 14.2. The van der Waals surface area contributed by atoms with Crippen LogP contribution >= 0.6 is 11.8 Å². The molecule has 8 N–H and O–H groups in total. The molecule has 11 nitrogen and oxygen atoms in total. The second-order valence-corrected chi connectivity index (χ2v) is 15.2. The smallest absolute Gasteiger partial charge is 0.244 e. The standard InChI is InChI=1S/C47H53N7O4S/c48-47(49)51-28-13-22-40(45(57)54-41(30-35-16-7-2-8-17-35)44(56)50-29-27-34-14-5-1-6-15-34)53-46(58)42(33-59-32-37-18-9-3-10-19-37)52-43(55)31-36-23-25-39(26-24-36)38-20-11-4-12-21-38/h1-12,14-21,23-26,40-42H,13,22,27-33H2,(H,50,56)(H,52,55)(H,53,58)(H,54,57)(H4,48,49,51)/t40-,41?,42?/m1/s1. The van der Waals surface area contributed by atoms with E-state index in [2.05, 4.69) is 26.3 Å². The van der Waals surface area contributed by atoms with Gasteiger partial charge in [0, 0.05) is 31.0 Å². The summed E-state index contributed by atoms with van der Waals surface area (Å²) in [5.41, 5.74) is 17.0. The molecule has 0 aromatic heterocycles. The molecule has 12 heteroatoms. The predicted octanol–water partition coefficient (Wildman–Crippen LogP) is 4.94. The van der Waals surface area contributed by atoms with Crippen molar-refractivity contribution in [2.75, 3.05) is 18.8 Å². The first kappa shape index (κ1) is 43.7. The lowest BCUT2D eigenvalue weighted by Gasteiger charge is -2.25. The third kappa shape index (κ3) is 15.5. The fraction of sp³-hybridized carbons (Fsp3) is 0.255. The van der Waals surface area contributed by atoms with Gasteiger partial charge in [0.1, 0.15) is 18.1 Å². The van der Waals surface area contributed by atoms with Gasteiger partial charge in [0.2, 0.25) is 23.6 Å². The molecular weight excluding hydrogens is 759 g/mol. The van der Waals surface area contributed by atoms with Crippen LogP contribution in [0.3, 0.4) is 0 Å². The van der Waals surface area contributed by atoms with Crippen LogP contribution in [0.4, 0.5) is 0 Å². The van der Waals surface area contributed by atoms with Crippen LogP contribution in [0, 0.1) is 0 Å². The maximum Gasteiger partial charge on any atom is 0.244 e. The molecule has 0 spiro atoms. The number of nitrogens with one attached hydrogen (secondary N) is 4.